The van der Waals surface area contributed by atoms with Gasteiger partial charge in [0.25, 0.3) is 0 Å². The summed E-state index contributed by atoms with van der Waals surface area (Å²) in [7, 11) is 0. The second-order valence-corrected chi connectivity index (χ2v) is 6.00. The van der Waals surface area contributed by atoms with Gasteiger partial charge in [-0.3, -0.25) is 0 Å². The Hall–Kier alpha value is 0.765. The SMILES string of the molecule is [CH2]=[Al][CH]([Al]=[CH2])[C@H]1CCCN1. The molecule has 1 nitrogen and oxygen atoms in total. The third-order valence-electron chi connectivity index (χ3n) is 2.11. The molecule has 0 radical (unpaired) electrons. The molecule has 1 atom stereocenters. The molecule has 0 bridgehead atoms. The summed E-state index contributed by atoms with van der Waals surface area (Å²) in [6.07, 6.45) is 2.73. The standard InChI is InChI=1S/C5H9N.2CH2.2Al/c1-5-3-2-4-6-5;;;;/h1,5-6H,2-4H2;2*1H2;;/t5-;;;;/m0..../s1. The van der Waals surface area contributed by atoms with Crippen molar-refractivity contribution in [3.05, 3.63) is 0 Å². The summed E-state index contributed by atoms with van der Waals surface area (Å²) in [5, 5.41) is 11.6. The summed E-state index contributed by atoms with van der Waals surface area (Å²) in [6, 6.07) is 0.792. The Kier molecular flexibility index (Phi) is 4.08. The molecule has 1 aliphatic heterocycles. The Balaban J connectivity index is 2.43. The molecule has 0 aromatic heterocycles. The van der Waals surface area contributed by atoms with Crippen LogP contribution in [-0.4, -0.2) is 52.9 Å². The Bertz CT molecular complexity index is 122. The second kappa shape index (κ2) is 4.60. The van der Waals surface area contributed by atoms with E-state index in [2.05, 4.69) is 16.1 Å². The van der Waals surface area contributed by atoms with E-state index in [0.717, 1.165) is 9.68 Å². The van der Waals surface area contributed by atoms with Crippen molar-refractivity contribution >= 4 is 40.3 Å². The Morgan fingerprint density at radius 1 is 1.40 bits per heavy atom. The molecule has 52 valence electrons. The van der Waals surface area contributed by atoms with Crippen molar-refractivity contribution in [3.8, 4) is 0 Å². The zero-order chi connectivity index (χ0) is 7.40. The van der Waals surface area contributed by atoms with Gasteiger partial charge >= 0.3 is 74.7 Å². The van der Waals surface area contributed by atoms with Gasteiger partial charge < -0.3 is 0 Å². The van der Waals surface area contributed by atoms with Crippen molar-refractivity contribution in [1.82, 2.24) is 5.32 Å². The molecule has 0 amide bonds. The summed E-state index contributed by atoms with van der Waals surface area (Å²) < 4.78 is 0.877. The molecule has 0 aromatic rings. The summed E-state index contributed by atoms with van der Waals surface area (Å²) in [5.41, 5.74) is 0. The Labute approximate surface area is 74.7 Å². The molecule has 0 unspecified atom stereocenters. The summed E-state index contributed by atoms with van der Waals surface area (Å²) in [5.74, 6) is 0. The quantitative estimate of drug-likeness (QED) is 0.569. The molecule has 1 saturated heterocycles. The van der Waals surface area contributed by atoms with Crippen molar-refractivity contribution in [2.24, 2.45) is 0 Å². The first kappa shape index (κ1) is 8.86. The van der Waals surface area contributed by atoms with E-state index in [1.54, 1.807) is 0 Å². The van der Waals surface area contributed by atoms with Crippen LogP contribution in [-0.2, 0) is 0 Å². The van der Waals surface area contributed by atoms with Crippen molar-refractivity contribution in [1.29, 1.82) is 0 Å². The number of nitrogens with one attached hydrogen (secondary N) is 1. The van der Waals surface area contributed by atoms with Crippen LogP contribution in [0.2, 0.25) is 3.64 Å². The van der Waals surface area contributed by atoms with Crippen LogP contribution in [0.5, 0.6) is 0 Å². The first-order valence-corrected chi connectivity index (χ1v) is 6.83. The Morgan fingerprint density at radius 3 is 2.50 bits per heavy atom. The van der Waals surface area contributed by atoms with Crippen LogP contribution >= 0.6 is 0 Å². The third-order valence-corrected chi connectivity index (χ3v) is 5.76. The average molecular weight is 165 g/mol. The predicted octanol–water partition coefficient (Wildman–Crippen LogP) is -0.243. The Morgan fingerprint density at radius 2 is 2.10 bits per heavy atom. The van der Waals surface area contributed by atoms with Crippen LogP contribution in [0.1, 0.15) is 12.8 Å². The van der Waals surface area contributed by atoms with E-state index in [-0.39, 0.29) is 0 Å². The van der Waals surface area contributed by atoms with E-state index in [1.807, 2.05) is 0 Å². The zero-order valence-electron chi connectivity index (χ0n) is 6.34. The molecule has 1 aliphatic rings. The number of hydrogen-bond donors (Lipinski definition) is 1. The normalized spacial score (nSPS) is 24.3. The summed E-state index contributed by atoms with van der Waals surface area (Å²) in [6.45, 7) is 1.22. The van der Waals surface area contributed by atoms with Crippen LogP contribution in [0.25, 0.3) is 0 Å². The maximum absolute atomic E-state index is 4.03. The first-order valence-electron chi connectivity index (χ1n) is 3.87. The molecule has 10 heavy (non-hydrogen) atoms. The van der Waals surface area contributed by atoms with E-state index in [1.165, 1.54) is 19.4 Å². The van der Waals surface area contributed by atoms with E-state index < -0.39 is 0 Å². The molecule has 0 aromatic carbocycles. The number of hydrogen-bond acceptors (Lipinski definition) is 1. The van der Waals surface area contributed by atoms with Gasteiger partial charge in [0.2, 0.25) is 0 Å². The van der Waals surface area contributed by atoms with Gasteiger partial charge in [-0.2, -0.15) is 0 Å². The summed E-state index contributed by atoms with van der Waals surface area (Å²) >= 11 is 0.805. The zero-order valence-corrected chi connectivity index (χ0v) is 8.65. The minimum atomic E-state index is 0.403. The van der Waals surface area contributed by atoms with Crippen molar-refractivity contribution in [2.45, 2.75) is 22.5 Å². The first-order chi connectivity index (χ1) is 4.88. The molecular weight excluding hydrogens is 152 g/mol. The van der Waals surface area contributed by atoms with E-state index in [0.29, 0.717) is 29.6 Å². The molecule has 0 saturated carbocycles. The predicted molar refractivity (Wildman–Crippen MR) is 50.5 cm³/mol. The molecule has 0 spiro atoms. The average Bonchev–Trinajstić information content (AvgIpc) is 2.43. The van der Waals surface area contributed by atoms with Crippen molar-refractivity contribution in [3.63, 3.8) is 0 Å². The monoisotopic (exact) mass is 165 g/mol. The fourth-order valence-electron chi connectivity index (χ4n) is 1.46. The van der Waals surface area contributed by atoms with E-state index >= 15 is 0 Å². The van der Waals surface area contributed by atoms with Crippen LogP contribution in [0.3, 0.4) is 0 Å². The van der Waals surface area contributed by atoms with Gasteiger partial charge in [-0.25, -0.2) is 0 Å². The maximum atomic E-state index is 4.03. The van der Waals surface area contributed by atoms with Gasteiger partial charge in [-0.05, 0) is 0 Å². The van der Waals surface area contributed by atoms with Crippen molar-refractivity contribution < 1.29 is 0 Å². The molecule has 3 heteroatoms. The molecule has 1 fully saturated rings. The van der Waals surface area contributed by atoms with Gasteiger partial charge in [0.1, 0.15) is 0 Å². The fourth-order valence-corrected chi connectivity index (χ4v) is 3.55. The molecule has 1 rings (SSSR count). The van der Waals surface area contributed by atoms with E-state index in [9.17, 15) is 0 Å². The second-order valence-electron chi connectivity index (χ2n) is 2.75. The van der Waals surface area contributed by atoms with Gasteiger partial charge in [-0.1, -0.05) is 0 Å². The molecule has 0 aliphatic carbocycles. The van der Waals surface area contributed by atoms with Crippen LogP contribution in [0, 0.1) is 0 Å². The summed E-state index contributed by atoms with van der Waals surface area (Å²) in [4.78, 5) is 0. The van der Waals surface area contributed by atoms with E-state index in [4.69, 9.17) is 0 Å². The molecule has 1 N–H and O–H groups in total. The van der Waals surface area contributed by atoms with Gasteiger partial charge in [0, 0.05) is 0 Å². The van der Waals surface area contributed by atoms with Crippen LogP contribution < -0.4 is 5.32 Å². The van der Waals surface area contributed by atoms with Gasteiger partial charge in [-0.15, -0.1) is 0 Å². The molecule has 1 heterocycles. The third kappa shape index (κ3) is 2.13. The fraction of sp³-hybridized carbons (Fsp3) is 0.714. The topological polar surface area (TPSA) is 12.0 Å². The minimum absolute atomic E-state index is 0.403. The van der Waals surface area contributed by atoms with Crippen LogP contribution in [0.15, 0.2) is 0 Å². The van der Waals surface area contributed by atoms with Gasteiger partial charge in [0.15, 0.2) is 0 Å². The van der Waals surface area contributed by atoms with Crippen molar-refractivity contribution in [2.75, 3.05) is 6.54 Å². The van der Waals surface area contributed by atoms with Gasteiger partial charge in [0.05, 0.1) is 0 Å². The van der Waals surface area contributed by atoms with Crippen LogP contribution in [0.4, 0.5) is 0 Å². The molecular formula is C7H13Al2N. The number of rotatable bonds is 3.